The van der Waals surface area contributed by atoms with Gasteiger partial charge in [0.25, 0.3) is 5.91 Å². The number of thioether (sulfide) groups is 1. The Morgan fingerprint density at radius 1 is 1.10 bits per heavy atom. The number of methoxy groups -OCH3 is 1. The second-order valence-corrected chi connectivity index (χ2v) is 8.21. The van der Waals surface area contributed by atoms with Crippen molar-refractivity contribution in [2.24, 2.45) is 5.10 Å². The molecule has 1 amide bonds. The molecular formula is C23H18ClFN2O2S. The first-order valence-electron chi connectivity index (χ1n) is 9.22. The van der Waals surface area contributed by atoms with Crippen LogP contribution in [0.25, 0.3) is 0 Å². The fraction of sp³-hybridized carbons (Fsp3) is 0.130. The van der Waals surface area contributed by atoms with E-state index in [1.807, 2.05) is 37.3 Å². The van der Waals surface area contributed by atoms with Gasteiger partial charge in [-0.15, -0.1) is 0 Å². The van der Waals surface area contributed by atoms with Crippen molar-refractivity contribution >= 4 is 34.3 Å². The molecule has 7 heteroatoms. The number of carbonyl (C=O) groups excluding carboxylic acids is 1. The summed E-state index contributed by atoms with van der Waals surface area (Å²) in [6, 6.07) is 19.2. The number of benzene rings is 3. The molecule has 152 valence electrons. The van der Waals surface area contributed by atoms with Gasteiger partial charge in [0.15, 0.2) is 11.6 Å². The van der Waals surface area contributed by atoms with E-state index < -0.39 is 11.2 Å². The number of hydrogen-bond donors (Lipinski definition) is 0. The third kappa shape index (κ3) is 3.80. The van der Waals surface area contributed by atoms with E-state index in [-0.39, 0.29) is 11.7 Å². The van der Waals surface area contributed by atoms with Gasteiger partial charge in [0, 0.05) is 21.7 Å². The molecule has 0 saturated carbocycles. The molecule has 30 heavy (non-hydrogen) atoms. The predicted octanol–water partition coefficient (Wildman–Crippen LogP) is 6.05. The average molecular weight is 441 g/mol. The van der Waals surface area contributed by atoms with Gasteiger partial charge in [-0.05, 0) is 36.8 Å². The Morgan fingerprint density at radius 3 is 2.53 bits per heavy atom. The lowest BCUT2D eigenvalue weighted by atomic mass is 10.1. The van der Waals surface area contributed by atoms with Crippen molar-refractivity contribution in [1.82, 2.24) is 5.01 Å². The van der Waals surface area contributed by atoms with Crippen molar-refractivity contribution in [2.75, 3.05) is 7.11 Å². The van der Waals surface area contributed by atoms with Gasteiger partial charge >= 0.3 is 0 Å². The SMILES string of the molecule is COc1c(F)cccc1C1SC(c2ccc(Cl)cc2)=NN1C(=O)c1ccccc1C. The Kier molecular flexibility index (Phi) is 5.79. The van der Waals surface area contributed by atoms with Gasteiger partial charge in [-0.25, -0.2) is 9.40 Å². The Labute approximate surface area is 183 Å². The molecule has 0 bridgehead atoms. The summed E-state index contributed by atoms with van der Waals surface area (Å²) in [6.07, 6.45) is 0. The molecule has 4 rings (SSSR count). The van der Waals surface area contributed by atoms with Crippen molar-refractivity contribution in [3.63, 3.8) is 0 Å². The number of nitrogens with zero attached hydrogens (tertiary/aromatic N) is 2. The summed E-state index contributed by atoms with van der Waals surface area (Å²) in [7, 11) is 1.41. The smallest absolute Gasteiger partial charge is 0.275 e. The van der Waals surface area contributed by atoms with E-state index in [0.717, 1.165) is 11.1 Å². The summed E-state index contributed by atoms with van der Waals surface area (Å²) < 4.78 is 19.7. The largest absolute Gasteiger partial charge is 0.493 e. The van der Waals surface area contributed by atoms with Gasteiger partial charge in [0.1, 0.15) is 10.4 Å². The van der Waals surface area contributed by atoms with Crippen LogP contribution < -0.4 is 4.74 Å². The summed E-state index contributed by atoms with van der Waals surface area (Å²) >= 11 is 7.37. The van der Waals surface area contributed by atoms with Gasteiger partial charge in [0.2, 0.25) is 0 Å². The lowest BCUT2D eigenvalue weighted by Gasteiger charge is -2.23. The fourth-order valence-corrected chi connectivity index (χ4v) is 4.57. The van der Waals surface area contributed by atoms with Crippen LogP contribution in [0.4, 0.5) is 4.39 Å². The van der Waals surface area contributed by atoms with Gasteiger partial charge in [-0.2, -0.15) is 5.10 Å². The van der Waals surface area contributed by atoms with Crippen LogP contribution in [-0.2, 0) is 0 Å². The minimum absolute atomic E-state index is 0.102. The number of hydrogen-bond acceptors (Lipinski definition) is 4. The number of amides is 1. The van der Waals surface area contributed by atoms with Crippen molar-refractivity contribution in [3.05, 3.63) is 99.8 Å². The fourth-order valence-electron chi connectivity index (χ4n) is 3.27. The molecule has 0 N–H and O–H groups in total. The standard InChI is InChI=1S/C23H18ClFN2O2S/c1-14-6-3-4-7-17(14)22(28)27-23(18-8-5-9-19(25)20(18)29-2)30-21(26-27)15-10-12-16(24)13-11-15/h3-13,23H,1-2H3. The molecule has 0 aliphatic carbocycles. The van der Waals surface area contributed by atoms with Crippen LogP contribution in [0.2, 0.25) is 5.02 Å². The molecule has 0 aromatic heterocycles. The first-order valence-corrected chi connectivity index (χ1v) is 10.5. The molecule has 1 heterocycles. The zero-order valence-corrected chi connectivity index (χ0v) is 17.9. The number of carbonyl (C=O) groups is 1. The van der Waals surface area contributed by atoms with Crippen molar-refractivity contribution in [1.29, 1.82) is 0 Å². The van der Waals surface area contributed by atoms with Gasteiger partial charge in [0.05, 0.1) is 7.11 Å². The van der Waals surface area contributed by atoms with Crippen LogP contribution in [0.1, 0.15) is 32.4 Å². The van der Waals surface area contributed by atoms with E-state index in [1.165, 1.54) is 29.9 Å². The minimum atomic E-state index is -0.576. The molecule has 0 fully saturated rings. The summed E-state index contributed by atoms with van der Waals surface area (Å²) in [6.45, 7) is 1.87. The van der Waals surface area contributed by atoms with E-state index in [1.54, 1.807) is 30.3 Å². The van der Waals surface area contributed by atoms with Crippen LogP contribution >= 0.6 is 23.4 Å². The Balaban J connectivity index is 1.81. The highest BCUT2D eigenvalue weighted by Crippen LogP contribution is 2.45. The third-order valence-corrected chi connectivity index (χ3v) is 6.26. The van der Waals surface area contributed by atoms with Crippen LogP contribution in [0.3, 0.4) is 0 Å². The minimum Gasteiger partial charge on any atom is -0.493 e. The highest BCUT2D eigenvalue weighted by Gasteiger charge is 2.37. The van der Waals surface area contributed by atoms with E-state index >= 15 is 0 Å². The van der Waals surface area contributed by atoms with Crippen molar-refractivity contribution < 1.29 is 13.9 Å². The highest BCUT2D eigenvalue weighted by molar-refractivity contribution is 8.14. The van der Waals surface area contributed by atoms with E-state index in [0.29, 0.717) is 21.2 Å². The lowest BCUT2D eigenvalue weighted by Crippen LogP contribution is -2.27. The monoisotopic (exact) mass is 440 g/mol. The summed E-state index contributed by atoms with van der Waals surface area (Å²) in [5, 5.41) is 6.69. The molecular weight excluding hydrogens is 423 g/mol. The molecule has 0 saturated heterocycles. The summed E-state index contributed by atoms with van der Waals surface area (Å²) in [4.78, 5) is 13.4. The summed E-state index contributed by atoms with van der Waals surface area (Å²) in [5.41, 5.74) is 2.74. The Morgan fingerprint density at radius 2 is 1.83 bits per heavy atom. The zero-order valence-electron chi connectivity index (χ0n) is 16.3. The maximum Gasteiger partial charge on any atom is 0.275 e. The van der Waals surface area contributed by atoms with Crippen molar-refractivity contribution in [2.45, 2.75) is 12.3 Å². The molecule has 1 unspecified atom stereocenters. The first kappa shape index (κ1) is 20.4. The van der Waals surface area contributed by atoms with Gasteiger partial charge < -0.3 is 4.74 Å². The number of ether oxygens (including phenoxy) is 1. The number of rotatable bonds is 4. The van der Waals surface area contributed by atoms with Crippen LogP contribution in [0, 0.1) is 12.7 Å². The van der Waals surface area contributed by atoms with E-state index in [2.05, 4.69) is 5.10 Å². The molecule has 0 spiro atoms. The maximum absolute atomic E-state index is 14.4. The molecule has 3 aromatic carbocycles. The zero-order chi connectivity index (χ0) is 21.3. The van der Waals surface area contributed by atoms with E-state index in [4.69, 9.17) is 16.3 Å². The normalized spacial score (nSPS) is 15.8. The number of hydrazone groups is 1. The lowest BCUT2D eigenvalue weighted by molar-refractivity contribution is 0.0747. The van der Waals surface area contributed by atoms with Crippen LogP contribution in [0.15, 0.2) is 71.8 Å². The average Bonchev–Trinajstić information content (AvgIpc) is 3.19. The number of aryl methyl sites for hydroxylation is 1. The molecule has 0 radical (unpaired) electrons. The second-order valence-electron chi connectivity index (χ2n) is 6.71. The maximum atomic E-state index is 14.4. The van der Waals surface area contributed by atoms with Gasteiger partial charge in [-0.3, -0.25) is 4.79 Å². The third-order valence-electron chi connectivity index (χ3n) is 4.79. The predicted molar refractivity (Wildman–Crippen MR) is 119 cm³/mol. The molecule has 1 aliphatic heterocycles. The quantitative estimate of drug-likeness (QED) is 0.496. The topological polar surface area (TPSA) is 41.9 Å². The van der Waals surface area contributed by atoms with Crippen LogP contribution in [-0.4, -0.2) is 23.1 Å². The molecule has 3 aromatic rings. The number of para-hydroxylation sites is 1. The second kappa shape index (κ2) is 8.50. The highest BCUT2D eigenvalue weighted by atomic mass is 35.5. The van der Waals surface area contributed by atoms with E-state index in [9.17, 15) is 9.18 Å². The molecule has 1 aliphatic rings. The Bertz CT molecular complexity index is 1130. The summed E-state index contributed by atoms with van der Waals surface area (Å²) in [5.74, 6) is -0.648. The van der Waals surface area contributed by atoms with Crippen molar-refractivity contribution in [3.8, 4) is 5.75 Å². The van der Waals surface area contributed by atoms with Crippen LogP contribution in [0.5, 0.6) is 5.75 Å². The first-order chi connectivity index (χ1) is 14.5. The number of halogens is 2. The molecule has 1 atom stereocenters. The van der Waals surface area contributed by atoms with Gasteiger partial charge in [-0.1, -0.05) is 65.8 Å². The molecule has 4 nitrogen and oxygen atoms in total. The Hall–Kier alpha value is -2.83.